The van der Waals surface area contributed by atoms with Gasteiger partial charge in [-0.2, -0.15) is 0 Å². The minimum Gasteiger partial charge on any atom is -0.380 e. The topological polar surface area (TPSA) is 73.3 Å². The van der Waals surface area contributed by atoms with Crippen molar-refractivity contribution in [3.05, 3.63) is 18.2 Å². The summed E-state index contributed by atoms with van der Waals surface area (Å²) in [6.45, 7) is 0. The minimum absolute atomic E-state index is 0.402. The largest absolute Gasteiger partial charge is 0.380 e. The molecule has 0 radical (unpaired) electrons. The third kappa shape index (κ3) is 1.29. The molecule has 0 saturated carbocycles. The lowest BCUT2D eigenvalue weighted by Crippen LogP contribution is -1.94. The van der Waals surface area contributed by atoms with E-state index in [0.29, 0.717) is 11.4 Å². The van der Waals surface area contributed by atoms with Crippen molar-refractivity contribution in [1.29, 1.82) is 0 Å². The third-order valence-corrected chi connectivity index (χ3v) is 1.72. The number of nitrogen functional groups attached to an aromatic ring is 1. The maximum Gasteiger partial charge on any atom is 0.174 e. The van der Waals surface area contributed by atoms with Gasteiger partial charge in [0, 0.05) is 6.07 Å². The normalized spacial score (nSPS) is 10.5. The first-order chi connectivity index (χ1) is 6.31. The van der Waals surface area contributed by atoms with Crippen LogP contribution < -0.4 is 11.2 Å². The molecule has 3 N–H and O–H groups in total. The predicted octanol–water partition coefficient (Wildman–Crippen LogP) is 1.38. The van der Waals surface area contributed by atoms with Crippen molar-refractivity contribution in [1.82, 2.24) is 5.16 Å². The molecule has 0 spiro atoms. The summed E-state index contributed by atoms with van der Waals surface area (Å²) in [7, 11) is 1.54. The molecular formula is C8H9N3O2. The zero-order valence-electron chi connectivity index (χ0n) is 7.07. The number of nitrogens with one attached hydrogen (secondary N) is 1. The number of nitrogens with zero attached hydrogens (tertiary/aromatic N) is 1. The summed E-state index contributed by atoms with van der Waals surface area (Å²) in [6.07, 6.45) is 0. The summed E-state index contributed by atoms with van der Waals surface area (Å²) in [5.74, 6) is 0.402. The van der Waals surface area contributed by atoms with Gasteiger partial charge in [-0.1, -0.05) is 5.16 Å². The molecule has 2 rings (SSSR count). The summed E-state index contributed by atoms with van der Waals surface area (Å²) < 4.78 is 4.97. The van der Waals surface area contributed by atoms with Crippen LogP contribution in [-0.2, 0) is 4.84 Å². The number of fused-ring (bicyclic) bond motifs is 1. The Morgan fingerprint density at radius 2 is 2.38 bits per heavy atom. The fraction of sp³-hybridized carbons (Fsp3) is 0.125. The van der Waals surface area contributed by atoms with E-state index < -0.39 is 0 Å². The molecule has 1 aromatic heterocycles. The number of nitrogens with two attached hydrogens (primary N) is 1. The number of benzene rings is 1. The van der Waals surface area contributed by atoms with Crippen molar-refractivity contribution >= 4 is 22.5 Å². The zero-order valence-corrected chi connectivity index (χ0v) is 7.07. The molecule has 1 heterocycles. The first kappa shape index (κ1) is 7.88. The van der Waals surface area contributed by atoms with E-state index in [4.69, 9.17) is 15.1 Å². The number of anilines is 2. The maximum atomic E-state index is 5.54. The Labute approximate surface area is 74.4 Å². The van der Waals surface area contributed by atoms with Gasteiger partial charge in [0.25, 0.3) is 0 Å². The number of hydrogen-bond donors (Lipinski definition) is 2. The second-order valence-electron chi connectivity index (χ2n) is 2.58. The van der Waals surface area contributed by atoms with E-state index >= 15 is 0 Å². The average Bonchev–Trinajstić information content (AvgIpc) is 2.48. The Bertz CT molecular complexity index is 424. The molecule has 0 atom stereocenters. The Kier molecular flexibility index (Phi) is 1.79. The lowest BCUT2D eigenvalue weighted by atomic mass is 10.2. The van der Waals surface area contributed by atoms with Crippen molar-refractivity contribution in [2.24, 2.45) is 0 Å². The van der Waals surface area contributed by atoms with Gasteiger partial charge >= 0.3 is 0 Å². The Balaban J connectivity index is 2.50. The van der Waals surface area contributed by atoms with E-state index in [1.807, 2.05) is 12.1 Å². The van der Waals surface area contributed by atoms with Crippen LogP contribution in [0, 0.1) is 0 Å². The van der Waals surface area contributed by atoms with Crippen LogP contribution in [0.4, 0.5) is 11.5 Å². The summed E-state index contributed by atoms with van der Waals surface area (Å²) in [4.78, 5) is 4.74. The van der Waals surface area contributed by atoms with Crippen LogP contribution in [-0.4, -0.2) is 12.3 Å². The van der Waals surface area contributed by atoms with E-state index in [9.17, 15) is 0 Å². The summed E-state index contributed by atoms with van der Waals surface area (Å²) in [5.41, 5.74) is 9.66. The summed E-state index contributed by atoms with van der Waals surface area (Å²) in [6, 6.07) is 5.42. The molecule has 1 aromatic carbocycles. The van der Waals surface area contributed by atoms with Gasteiger partial charge in [-0.25, -0.2) is 0 Å². The standard InChI is InChI=1S/C8H9N3O2/c1-12-10-5-2-3-6-7(4-5)13-11-8(6)9/h2-4,10H,1H3,(H2,9,11). The highest BCUT2D eigenvalue weighted by Crippen LogP contribution is 2.23. The molecule has 0 unspecified atom stereocenters. The fourth-order valence-electron chi connectivity index (χ4n) is 1.14. The van der Waals surface area contributed by atoms with Crippen LogP contribution in [0.2, 0.25) is 0 Å². The molecule has 0 bridgehead atoms. The van der Waals surface area contributed by atoms with Gasteiger partial charge in [-0.3, -0.25) is 10.3 Å². The van der Waals surface area contributed by atoms with E-state index in [1.54, 1.807) is 13.2 Å². The quantitative estimate of drug-likeness (QED) is 0.681. The van der Waals surface area contributed by atoms with Crippen molar-refractivity contribution in [3.8, 4) is 0 Å². The molecule has 5 nitrogen and oxygen atoms in total. The molecule has 0 aliphatic carbocycles. The van der Waals surface area contributed by atoms with Gasteiger partial charge in [0.1, 0.15) is 0 Å². The number of hydrogen-bond acceptors (Lipinski definition) is 5. The van der Waals surface area contributed by atoms with Gasteiger partial charge in [0.2, 0.25) is 0 Å². The highest BCUT2D eigenvalue weighted by molar-refractivity contribution is 5.88. The van der Waals surface area contributed by atoms with E-state index in [-0.39, 0.29) is 0 Å². The van der Waals surface area contributed by atoms with Gasteiger partial charge in [-0.05, 0) is 12.1 Å². The Hall–Kier alpha value is -1.75. The van der Waals surface area contributed by atoms with E-state index in [2.05, 4.69) is 10.6 Å². The number of rotatable bonds is 2. The van der Waals surface area contributed by atoms with Crippen LogP contribution in [0.5, 0.6) is 0 Å². The zero-order chi connectivity index (χ0) is 9.26. The van der Waals surface area contributed by atoms with Crippen LogP contribution in [0.15, 0.2) is 22.7 Å². The smallest absolute Gasteiger partial charge is 0.174 e. The molecule has 0 aliphatic rings. The van der Waals surface area contributed by atoms with Crippen molar-refractivity contribution in [3.63, 3.8) is 0 Å². The Morgan fingerprint density at radius 1 is 1.54 bits per heavy atom. The maximum absolute atomic E-state index is 5.54. The molecule has 2 aromatic rings. The highest BCUT2D eigenvalue weighted by Gasteiger charge is 2.04. The lowest BCUT2D eigenvalue weighted by molar-refractivity contribution is 0.271. The van der Waals surface area contributed by atoms with Crippen molar-refractivity contribution in [2.75, 3.05) is 18.3 Å². The monoisotopic (exact) mass is 179 g/mol. The van der Waals surface area contributed by atoms with Gasteiger partial charge < -0.3 is 10.3 Å². The SMILES string of the molecule is CONc1ccc2c(N)noc2c1. The van der Waals surface area contributed by atoms with Crippen LogP contribution in [0.3, 0.4) is 0 Å². The predicted molar refractivity (Wildman–Crippen MR) is 49.1 cm³/mol. The second-order valence-corrected chi connectivity index (χ2v) is 2.58. The van der Waals surface area contributed by atoms with Crippen LogP contribution >= 0.6 is 0 Å². The Morgan fingerprint density at radius 3 is 3.15 bits per heavy atom. The van der Waals surface area contributed by atoms with Gasteiger partial charge in [-0.15, -0.1) is 0 Å². The first-order valence-corrected chi connectivity index (χ1v) is 3.75. The molecule has 0 saturated heterocycles. The molecule has 68 valence electrons. The molecule has 0 aliphatic heterocycles. The van der Waals surface area contributed by atoms with Crippen molar-refractivity contribution in [2.45, 2.75) is 0 Å². The average molecular weight is 179 g/mol. The van der Waals surface area contributed by atoms with Crippen LogP contribution in [0.25, 0.3) is 11.0 Å². The molecule has 0 fully saturated rings. The summed E-state index contributed by atoms with van der Waals surface area (Å²) >= 11 is 0. The molecule has 13 heavy (non-hydrogen) atoms. The first-order valence-electron chi connectivity index (χ1n) is 3.75. The highest BCUT2D eigenvalue weighted by atomic mass is 16.6. The van der Waals surface area contributed by atoms with E-state index in [0.717, 1.165) is 11.1 Å². The van der Waals surface area contributed by atoms with Crippen molar-refractivity contribution < 1.29 is 9.36 Å². The van der Waals surface area contributed by atoms with E-state index in [1.165, 1.54) is 0 Å². The molecular weight excluding hydrogens is 170 g/mol. The van der Waals surface area contributed by atoms with Crippen LogP contribution in [0.1, 0.15) is 0 Å². The van der Waals surface area contributed by atoms with Gasteiger partial charge in [0.05, 0.1) is 18.2 Å². The number of aromatic nitrogens is 1. The van der Waals surface area contributed by atoms with Gasteiger partial charge in [0.15, 0.2) is 11.4 Å². The molecule has 0 amide bonds. The summed E-state index contributed by atoms with van der Waals surface area (Å²) in [5, 5.41) is 4.44. The third-order valence-electron chi connectivity index (χ3n) is 1.72. The minimum atomic E-state index is 0.402. The fourth-order valence-corrected chi connectivity index (χ4v) is 1.14. The second kappa shape index (κ2) is 2.95. The lowest BCUT2D eigenvalue weighted by Gasteiger charge is -2.00. The molecule has 5 heteroatoms.